The standard InChI is InChI=1S/C12H13NO5/c1-2-3-4-8-18-10-7-5-6-9(13(16)17)11(10)12(14)15/h2,5-7H,1,3-4,8H2,(H,14,15). The Balaban J connectivity index is 2.96. The van der Waals surface area contributed by atoms with Crippen LogP contribution in [0.25, 0.3) is 0 Å². The molecule has 1 rings (SSSR count). The van der Waals surface area contributed by atoms with E-state index in [-0.39, 0.29) is 12.4 Å². The molecule has 0 atom stereocenters. The summed E-state index contributed by atoms with van der Waals surface area (Å²) in [6.07, 6.45) is 3.12. The van der Waals surface area contributed by atoms with Gasteiger partial charge in [0.05, 0.1) is 11.5 Å². The van der Waals surface area contributed by atoms with E-state index in [1.54, 1.807) is 6.08 Å². The summed E-state index contributed by atoms with van der Waals surface area (Å²) in [4.78, 5) is 21.0. The number of unbranched alkanes of at least 4 members (excludes halogenated alkanes) is 1. The molecule has 1 aromatic carbocycles. The van der Waals surface area contributed by atoms with Gasteiger partial charge in [0, 0.05) is 6.07 Å². The molecule has 0 spiro atoms. The van der Waals surface area contributed by atoms with Crippen LogP contribution in [0.5, 0.6) is 5.75 Å². The highest BCUT2D eigenvalue weighted by Gasteiger charge is 2.24. The third-order valence-corrected chi connectivity index (χ3v) is 2.22. The molecule has 0 amide bonds. The first-order valence-corrected chi connectivity index (χ1v) is 5.32. The molecule has 0 radical (unpaired) electrons. The van der Waals surface area contributed by atoms with Crippen LogP contribution in [0.4, 0.5) is 5.69 Å². The maximum absolute atomic E-state index is 11.0. The van der Waals surface area contributed by atoms with Gasteiger partial charge in [-0.3, -0.25) is 10.1 Å². The molecular weight excluding hydrogens is 238 g/mol. The SMILES string of the molecule is C=CCCCOc1cccc([N+](=O)[O-])c1C(=O)O. The van der Waals surface area contributed by atoms with Crippen molar-refractivity contribution in [2.45, 2.75) is 12.8 Å². The smallest absolute Gasteiger partial charge is 0.346 e. The predicted octanol–water partition coefficient (Wildman–Crippen LogP) is 2.64. The zero-order valence-electron chi connectivity index (χ0n) is 9.67. The van der Waals surface area contributed by atoms with Crippen molar-refractivity contribution in [2.75, 3.05) is 6.61 Å². The Labute approximate surface area is 104 Å². The van der Waals surface area contributed by atoms with E-state index in [1.807, 2.05) is 0 Å². The minimum atomic E-state index is -1.37. The maximum atomic E-state index is 11.0. The Bertz CT molecular complexity index is 470. The molecule has 0 saturated heterocycles. The van der Waals surface area contributed by atoms with E-state index >= 15 is 0 Å². The molecule has 6 heteroatoms. The van der Waals surface area contributed by atoms with Gasteiger partial charge in [0.1, 0.15) is 5.75 Å². The van der Waals surface area contributed by atoms with Gasteiger partial charge in [-0.25, -0.2) is 4.79 Å². The molecule has 0 fully saturated rings. The lowest BCUT2D eigenvalue weighted by molar-refractivity contribution is -0.385. The number of carbonyl (C=O) groups is 1. The van der Waals surface area contributed by atoms with Gasteiger partial charge in [-0.2, -0.15) is 0 Å². The van der Waals surface area contributed by atoms with Gasteiger partial charge < -0.3 is 9.84 Å². The number of nitro benzene ring substituents is 1. The number of hydrogen-bond donors (Lipinski definition) is 1. The monoisotopic (exact) mass is 251 g/mol. The molecule has 0 aliphatic rings. The van der Waals surface area contributed by atoms with Crippen molar-refractivity contribution in [3.8, 4) is 5.75 Å². The van der Waals surface area contributed by atoms with E-state index in [1.165, 1.54) is 12.1 Å². The van der Waals surface area contributed by atoms with Crippen LogP contribution < -0.4 is 4.74 Å². The largest absolute Gasteiger partial charge is 0.492 e. The van der Waals surface area contributed by atoms with E-state index in [2.05, 4.69) is 6.58 Å². The van der Waals surface area contributed by atoms with Crippen molar-refractivity contribution in [3.63, 3.8) is 0 Å². The van der Waals surface area contributed by atoms with Crippen molar-refractivity contribution < 1.29 is 19.6 Å². The number of nitrogens with zero attached hydrogens (tertiary/aromatic N) is 1. The number of aromatic carboxylic acids is 1. The van der Waals surface area contributed by atoms with Crippen molar-refractivity contribution in [3.05, 3.63) is 46.5 Å². The van der Waals surface area contributed by atoms with E-state index < -0.39 is 22.1 Å². The molecule has 0 aliphatic carbocycles. The van der Waals surface area contributed by atoms with Crippen molar-refractivity contribution >= 4 is 11.7 Å². The van der Waals surface area contributed by atoms with Crippen LogP contribution in [0.15, 0.2) is 30.9 Å². The first kappa shape index (κ1) is 13.7. The second kappa shape index (κ2) is 6.39. The highest BCUT2D eigenvalue weighted by Crippen LogP contribution is 2.28. The Kier molecular flexibility index (Phi) is 4.86. The number of benzene rings is 1. The molecule has 0 heterocycles. The second-order valence-electron chi connectivity index (χ2n) is 3.49. The first-order valence-electron chi connectivity index (χ1n) is 5.32. The van der Waals surface area contributed by atoms with Crippen LogP contribution >= 0.6 is 0 Å². The van der Waals surface area contributed by atoms with Crippen LogP contribution in [-0.2, 0) is 0 Å². The summed E-state index contributed by atoms with van der Waals surface area (Å²) in [5.41, 5.74) is -0.884. The van der Waals surface area contributed by atoms with Crippen LogP contribution in [0.3, 0.4) is 0 Å². The fourth-order valence-electron chi connectivity index (χ4n) is 1.42. The fraction of sp³-hybridized carbons (Fsp3) is 0.250. The van der Waals surface area contributed by atoms with Gasteiger partial charge in [-0.15, -0.1) is 6.58 Å². The molecule has 1 N–H and O–H groups in total. The minimum absolute atomic E-state index is 0.0146. The molecule has 18 heavy (non-hydrogen) atoms. The van der Waals surface area contributed by atoms with Crippen molar-refractivity contribution in [1.29, 1.82) is 0 Å². The maximum Gasteiger partial charge on any atom is 0.346 e. The van der Waals surface area contributed by atoms with Gasteiger partial charge >= 0.3 is 5.97 Å². The van der Waals surface area contributed by atoms with Crippen molar-refractivity contribution in [2.24, 2.45) is 0 Å². The lowest BCUT2D eigenvalue weighted by Gasteiger charge is -2.08. The third-order valence-electron chi connectivity index (χ3n) is 2.22. The quantitative estimate of drug-likeness (QED) is 0.348. The van der Waals surface area contributed by atoms with Gasteiger partial charge in [-0.1, -0.05) is 12.1 Å². The molecule has 0 bridgehead atoms. The summed E-state index contributed by atoms with van der Waals surface area (Å²) in [6, 6.07) is 3.94. The lowest BCUT2D eigenvalue weighted by atomic mass is 10.1. The van der Waals surface area contributed by atoms with E-state index in [0.717, 1.165) is 12.5 Å². The number of ether oxygens (including phenoxy) is 1. The van der Waals surface area contributed by atoms with E-state index in [0.29, 0.717) is 6.42 Å². The third kappa shape index (κ3) is 3.31. The summed E-state index contributed by atoms with van der Waals surface area (Å²) in [6.45, 7) is 3.83. The van der Waals surface area contributed by atoms with Crippen LogP contribution in [0.1, 0.15) is 23.2 Å². The molecule has 1 aromatic rings. The zero-order valence-corrected chi connectivity index (χ0v) is 9.67. The summed E-state index contributed by atoms with van der Waals surface area (Å²) < 4.78 is 5.26. The van der Waals surface area contributed by atoms with E-state index in [4.69, 9.17) is 9.84 Å². The molecule has 96 valence electrons. The second-order valence-corrected chi connectivity index (χ2v) is 3.49. The molecule has 0 aliphatic heterocycles. The average molecular weight is 251 g/mol. The first-order chi connectivity index (χ1) is 8.57. The average Bonchev–Trinajstić information content (AvgIpc) is 2.33. The summed E-state index contributed by atoms with van der Waals surface area (Å²) in [7, 11) is 0. The number of allylic oxidation sites excluding steroid dienone is 1. The van der Waals surface area contributed by atoms with Crippen LogP contribution in [0, 0.1) is 10.1 Å². The topological polar surface area (TPSA) is 89.7 Å². The molecule has 0 unspecified atom stereocenters. The van der Waals surface area contributed by atoms with Crippen LogP contribution in [-0.4, -0.2) is 22.6 Å². The lowest BCUT2D eigenvalue weighted by Crippen LogP contribution is -2.07. The highest BCUT2D eigenvalue weighted by molar-refractivity contribution is 5.95. The zero-order chi connectivity index (χ0) is 13.5. The number of hydrogen-bond acceptors (Lipinski definition) is 4. The Morgan fingerprint density at radius 1 is 1.56 bits per heavy atom. The van der Waals surface area contributed by atoms with Gasteiger partial charge in [0.2, 0.25) is 0 Å². The number of rotatable bonds is 7. The van der Waals surface area contributed by atoms with Crippen molar-refractivity contribution in [1.82, 2.24) is 0 Å². The molecule has 0 aromatic heterocycles. The Hall–Kier alpha value is -2.37. The summed E-state index contributed by atoms with van der Waals surface area (Å²) >= 11 is 0. The highest BCUT2D eigenvalue weighted by atomic mass is 16.6. The summed E-state index contributed by atoms with van der Waals surface area (Å²) in [5.74, 6) is -1.36. The number of nitro groups is 1. The molecular formula is C12H13NO5. The van der Waals surface area contributed by atoms with E-state index in [9.17, 15) is 14.9 Å². The summed E-state index contributed by atoms with van der Waals surface area (Å²) in [5, 5.41) is 19.7. The number of carboxylic acids is 1. The van der Waals surface area contributed by atoms with Gasteiger partial charge in [0.25, 0.3) is 5.69 Å². The molecule has 6 nitrogen and oxygen atoms in total. The fourth-order valence-corrected chi connectivity index (χ4v) is 1.42. The van der Waals surface area contributed by atoms with Gasteiger partial charge in [0.15, 0.2) is 5.56 Å². The predicted molar refractivity (Wildman–Crippen MR) is 65.0 cm³/mol. The van der Waals surface area contributed by atoms with Crippen LogP contribution in [0.2, 0.25) is 0 Å². The Morgan fingerprint density at radius 2 is 2.28 bits per heavy atom. The normalized spacial score (nSPS) is 9.78. The molecule has 0 saturated carbocycles. The Morgan fingerprint density at radius 3 is 2.83 bits per heavy atom. The minimum Gasteiger partial charge on any atom is -0.492 e. The van der Waals surface area contributed by atoms with Gasteiger partial charge in [-0.05, 0) is 18.9 Å². The number of carboxylic acid groups (broad SMARTS) is 1.